The number of anilines is 1. The van der Waals surface area contributed by atoms with E-state index in [9.17, 15) is 9.18 Å². The van der Waals surface area contributed by atoms with Crippen LogP contribution in [-0.4, -0.2) is 52.0 Å². The van der Waals surface area contributed by atoms with Crippen LogP contribution in [-0.2, 0) is 0 Å². The first-order valence-electron chi connectivity index (χ1n) is 12.0. The van der Waals surface area contributed by atoms with Crippen molar-refractivity contribution in [2.45, 2.75) is 26.7 Å². The normalized spacial score (nSPS) is 15.4. The Morgan fingerprint density at radius 1 is 1.28 bits per heavy atom. The minimum Gasteiger partial charge on any atom is -0.493 e. The number of ether oxygens (including phenoxy) is 1. The second-order valence-corrected chi connectivity index (χ2v) is 9.16. The zero-order valence-corrected chi connectivity index (χ0v) is 21.2. The van der Waals surface area contributed by atoms with E-state index in [1.807, 2.05) is 36.9 Å². The fraction of sp³-hybridized carbons (Fsp3) is 0.333. The van der Waals surface area contributed by atoms with E-state index in [0.717, 1.165) is 24.7 Å². The maximum atomic E-state index is 14.5. The van der Waals surface area contributed by atoms with Gasteiger partial charge in [-0.25, -0.2) is 14.4 Å². The molecule has 1 saturated heterocycles. The van der Waals surface area contributed by atoms with Crippen molar-refractivity contribution in [3.05, 3.63) is 82.8 Å². The topological polar surface area (TPSA) is 80.2 Å². The van der Waals surface area contributed by atoms with Crippen molar-refractivity contribution in [1.82, 2.24) is 19.9 Å². The molecule has 1 atom stereocenters. The van der Waals surface area contributed by atoms with E-state index in [4.69, 9.17) is 16.3 Å². The number of pyridine rings is 1. The molecule has 7 nitrogen and oxygen atoms in total. The zero-order chi connectivity index (χ0) is 25.7. The number of nitrogens with one attached hydrogen (secondary N) is 1. The number of aromatic nitrogens is 3. The summed E-state index contributed by atoms with van der Waals surface area (Å²) in [4.78, 5) is 27.8. The maximum absolute atomic E-state index is 14.5. The van der Waals surface area contributed by atoms with Gasteiger partial charge in [-0.1, -0.05) is 30.3 Å². The highest BCUT2D eigenvalue weighted by Crippen LogP contribution is 2.26. The molecule has 1 fully saturated rings. The van der Waals surface area contributed by atoms with Crippen molar-refractivity contribution >= 4 is 28.9 Å². The number of piperidine rings is 1. The minimum absolute atomic E-state index is 0.0546. The van der Waals surface area contributed by atoms with Crippen LogP contribution in [0.1, 0.15) is 47.2 Å². The Balaban J connectivity index is 1.44. The number of likely N-dealkylation sites (tertiary alicyclic amines) is 1. The van der Waals surface area contributed by atoms with Gasteiger partial charge in [-0.15, -0.1) is 0 Å². The number of hydrogen-bond acceptors (Lipinski definition) is 6. The molecule has 1 amide bonds. The van der Waals surface area contributed by atoms with Crippen molar-refractivity contribution in [3.63, 3.8) is 0 Å². The summed E-state index contributed by atoms with van der Waals surface area (Å²) < 4.78 is 20.2. The lowest BCUT2D eigenvalue weighted by molar-refractivity contribution is 0.0676. The molecule has 1 aliphatic rings. The van der Waals surface area contributed by atoms with Gasteiger partial charge in [-0.05, 0) is 50.8 Å². The number of benzene rings is 1. The van der Waals surface area contributed by atoms with Crippen LogP contribution < -0.4 is 10.1 Å². The van der Waals surface area contributed by atoms with Crippen molar-refractivity contribution in [1.29, 1.82) is 0 Å². The molecular weight excluding hydrogens is 481 g/mol. The SMILES string of the molecule is C=C(c1ncc(F)c(NC[C@H]2CCCN(C(=O)c3ccccc3OCC)C2)n1)c1cc(Cl)cnc1C. The second kappa shape index (κ2) is 11.5. The van der Waals surface area contributed by atoms with Gasteiger partial charge < -0.3 is 15.0 Å². The number of hydrogen-bond donors (Lipinski definition) is 1. The molecule has 2 aromatic heterocycles. The molecule has 1 aliphatic heterocycles. The standard InChI is InChI=1S/C27H29ClFN5O2/c1-4-36-24-10-6-5-9-21(24)27(35)34-11-7-8-19(16-34)13-31-26-23(29)15-32-25(33-26)17(2)22-12-20(28)14-30-18(22)3/h5-6,9-10,12,14-15,19H,2,4,7-8,11,13,16H2,1,3H3,(H,31,32,33)/t19-/m1/s1. The predicted molar refractivity (Wildman–Crippen MR) is 139 cm³/mol. The Morgan fingerprint density at radius 3 is 2.89 bits per heavy atom. The first-order valence-corrected chi connectivity index (χ1v) is 12.3. The van der Waals surface area contributed by atoms with E-state index in [2.05, 4.69) is 26.8 Å². The second-order valence-electron chi connectivity index (χ2n) is 8.72. The van der Waals surface area contributed by atoms with Crippen LogP contribution in [0.2, 0.25) is 5.02 Å². The van der Waals surface area contributed by atoms with Gasteiger partial charge in [0.05, 0.1) is 23.4 Å². The third kappa shape index (κ3) is 5.82. The fourth-order valence-corrected chi connectivity index (χ4v) is 4.48. The van der Waals surface area contributed by atoms with E-state index in [1.54, 1.807) is 18.3 Å². The van der Waals surface area contributed by atoms with E-state index in [-0.39, 0.29) is 17.6 Å². The molecule has 0 unspecified atom stereocenters. The molecule has 0 bridgehead atoms. The van der Waals surface area contributed by atoms with Gasteiger partial charge in [0.2, 0.25) is 0 Å². The minimum atomic E-state index is -0.554. The van der Waals surface area contributed by atoms with Crippen LogP contribution in [0, 0.1) is 18.7 Å². The van der Waals surface area contributed by atoms with Crippen molar-refractivity contribution in [3.8, 4) is 5.75 Å². The van der Waals surface area contributed by atoms with Gasteiger partial charge in [0.25, 0.3) is 5.91 Å². The summed E-state index contributed by atoms with van der Waals surface area (Å²) in [5.41, 5.74) is 2.50. The van der Waals surface area contributed by atoms with Gasteiger partial charge in [-0.3, -0.25) is 9.78 Å². The average Bonchev–Trinajstić information content (AvgIpc) is 2.89. The first kappa shape index (κ1) is 25.6. The summed E-state index contributed by atoms with van der Waals surface area (Å²) in [7, 11) is 0. The molecule has 0 saturated carbocycles. The highest BCUT2D eigenvalue weighted by molar-refractivity contribution is 6.30. The van der Waals surface area contributed by atoms with Gasteiger partial charge in [0, 0.05) is 42.7 Å². The molecule has 0 radical (unpaired) electrons. The molecule has 0 aliphatic carbocycles. The van der Waals surface area contributed by atoms with Gasteiger partial charge >= 0.3 is 0 Å². The number of nitrogens with zero attached hydrogens (tertiary/aromatic N) is 4. The molecule has 9 heteroatoms. The maximum Gasteiger partial charge on any atom is 0.257 e. The summed E-state index contributed by atoms with van der Waals surface area (Å²) in [6.07, 6.45) is 4.47. The summed E-state index contributed by atoms with van der Waals surface area (Å²) in [5, 5.41) is 3.58. The number of para-hydroxylation sites is 1. The largest absolute Gasteiger partial charge is 0.493 e. The van der Waals surface area contributed by atoms with Gasteiger partial charge in [-0.2, -0.15) is 0 Å². The van der Waals surface area contributed by atoms with E-state index in [0.29, 0.717) is 59.5 Å². The molecule has 3 aromatic rings. The Hall–Kier alpha value is -3.52. The third-order valence-corrected chi connectivity index (χ3v) is 6.38. The van der Waals surface area contributed by atoms with Crippen LogP contribution in [0.15, 0.2) is 49.3 Å². The van der Waals surface area contributed by atoms with Crippen LogP contribution in [0.25, 0.3) is 5.57 Å². The van der Waals surface area contributed by atoms with Crippen LogP contribution >= 0.6 is 11.6 Å². The summed E-state index contributed by atoms with van der Waals surface area (Å²) >= 11 is 6.09. The Kier molecular flexibility index (Phi) is 8.15. The van der Waals surface area contributed by atoms with Crippen molar-refractivity contribution in [2.24, 2.45) is 5.92 Å². The van der Waals surface area contributed by atoms with E-state index >= 15 is 0 Å². The summed E-state index contributed by atoms with van der Waals surface area (Å²) in [6, 6.07) is 9.03. The number of halogens is 2. The number of carbonyl (C=O) groups excluding carboxylic acids is 1. The molecule has 0 spiro atoms. The average molecular weight is 510 g/mol. The smallest absolute Gasteiger partial charge is 0.257 e. The Morgan fingerprint density at radius 2 is 2.08 bits per heavy atom. The van der Waals surface area contributed by atoms with Crippen LogP contribution in [0.3, 0.4) is 0 Å². The predicted octanol–water partition coefficient (Wildman–Crippen LogP) is 5.40. The highest BCUT2D eigenvalue weighted by Gasteiger charge is 2.26. The van der Waals surface area contributed by atoms with Gasteiger partial charge in [0.15, 0.2) is 17.5 Å². The molecule has 1 N–H and O–H groups in total. The molecular formula is C27H29ClFN5O2. The van der Waals surface area contributed by atoms with E-state index < -0.39 is 5.82 Å². The Labute approximate surface area is 215 Å². The number of rotatable bonds is 8. The van der Waals surface area contributed by atoms with Crippen molar-refractivity contribution < 1.29 is 13.9 Å². The molecule has 36 heavy (non-hydrogen) atoms. The van der Waals surface area contributed by atoms with Crippen LogP contribution in [0.5, 0.6) is 5.75 Å². The zero-order valence-electron chi connectivity index (χ0n) is 20.4. The molecule has 188 valence electrons. The van der Waals surface area contributed by atoms with Crippen LogP contribution in [0.4, 0.5) is 10.2 Å². The number of amides is 1. The number of carbonyl (C=O) groups is 1. The first-order chi connectivity index (χ1) is 17.4. The van der Waals surface area contributed by atoms with Gasteiger partial charge in [0.1, 0.15) is 5.75 Å². The van der Waals surface area contributed by atoms with E-state index in [1.165, 1.54) is 0 Å². The van der Waals surface area contributed by atoms with Crippen molar-refractivity contribution in [2.75, 3.05) is 31.6 Å². The lowest BCUT2D eigenvalue weighted by atomic mass is 9.97. The quantitative estimate of drug-likeness (QED) is 0.438. The summed E-state index contributed by atoms with van der Waals surface area (Å²) in [5.74, 6) is 0.509. The third-order valence-electron chi connectivity index (χ3n) is 6.17. The highest BCUT2D eigenvalue weighted by atomic mass is 35.5. The lowest BCUT2D eigenvalue weighted by Gasteiger charge is -2.33. The monoisotopic (exact) mass is 509 g/mol. The molecule has 1 aromatic carbocycles. The summed E-state index contributed by atoms with van der Waals surface area (Å²) in [6.45, 7) is 9.99. The Bertz CT molecular complexity index is 1270. The fourth-order valence-electron chi connectivity index (χ4n) is 4.32. The molecule has 3 heterocycles. The lowest BCUT2D eigenvalue weighted by Crippen LogP contribution is -2.42. The molecule has 4 rings (SSSR count). The number of aryl methyl sites for hydroxylation is 1.